The Balaban J connectivity index is 0.998. The van der Waals surface area contributed by atoms with Crippen molar-refractivity contribution in [1.29, 1.82) is 0 Å². The van der Waals surface area contributed by atoms with Crippen molar-refractivity contribution in [3.05, 3.63) is 90.8 Å². The van der Waals surface area contributed by atoms with Gasteiger partial charge < -0.3 is 39.5 Å². The SMILES string of the molecule is CCC(C)[C@H](OC(N)=O)C(=O)N1CCC[C@H]1c1ncc(-c2ccc(-c3ccc(-c4cnc(C5CCCN5C(=O)[C@H](Cc5cncn5C)NCOC)[nH]4)cc3)cc2)[nH]1. The number of likely N-dealkylation sites (tertiary alicyclic amines) is 2. The first-order valence-corrected chi connectivity index (χ1v) is 19.7. The summed E-state index contributed by atoms with van der Waals surface area (Å²) in [6.45, 7) is 5.33. The molecule has 57 heavy (non-hydrogen) atoms. The van der Waals surface area contributed by atoms with Gasteiger partial charge in [-0.1, -0.05) is 62.4 Å². The van der Waals surface area contributed by atoms with Crippen molar-refractivity contribution in [3.63, 3.8) is 0 Å². The van der Waals surface area contributed by atoms with Gasteiger partial charge in [0, 0.05) is 51.5 Å². The molecule has 5 heterocycles. The number of methoxy groups -OCH3 is 1. The number of ether oxygens (including phenoxy) is 2. The summed E-state index contributed by atoms with van der Waals surface area (Å²) in [5, 5.41) is 3.26. The zero-order chi connectivity index (χ0) is 40.1. The summed E-state index contributed by atoms with van der Waals surface area (Å²) in [5.74, 6) is 1.11. The average molecular weight is 777 g/mol. The molecule has 5 aromatic rings. The number of amides is 3. The number of nitrogens with one attached hydrogen (secondary N) is 3. The number of aryl methyl sites for hydroxylation is 1. The van der Waals surface area contributed by atoms with E-state index in [1.807, 2.05) is 36.6 Å². The number of carbonyl (C=O) groups is 3. The second kappa shape index (κ2) is 17.6. The Morgan fingerprint density at radius 2 is 1.37 bits per heavy atom. The molecule has 2 fully saturated rings. The summed E-state index contributed by atoms with van der Waals surface area (Å²) in [5.41, 5.74) is 12.1. The number of aromatic amines is 2. The quantitative estimate of drug-likeness (QED) is 0.0994. The largest absolute Gasteiger partial charge is 0.436 e. The van der Waals surface area contributed by atoms with Gasteiger partial charge in [0.15, 0.2) is 6.10 Å². The Kier molecular flexibility index (Phi) is 12.1. The van der Waals surface area contributed by atoms with Gasteiger partial charge in [-0.05, 0) is 54.4 Å². The van der Waals surface area contributed by atoms with Gasteiger partial charge in [0.05, 0.1) is 55.0 Å². The summed E-state index contributed by atoms with van der Waals surface area (Å²) in [6, 6.07) is 15.8. The zero-order valence-electron chi connectivity index (χ0n) is 33.0. The van der Waals surface area contributed by atoms with E-state index in [9.17, 15) is 14.4 Å². The summed E-state index contributed by atoms with van der Waals surface area (Å²) >= 11 is 0. The molecular weight excluding hydrogens is 725 g/mol. The number of H-pyrrole nitrogens is 2. The van der Waals surface area contributed by atoms with E-state index in [-0.39, 0.29) is 36.5 Å². The molecule has 3 aromatic heterocycles. The fraction of sp³-hybridized carbons (Fsp3) is 0.429. The highest BCUT2D eigenvalue weighted by atomic mass is 16.6. The fourth-order valence-electron chi connectivity index (χ4n) is 7.95. The molecule has 0 spiro atoms. The molecule has 2 aliphatic heterocycles. The number of aromatic nitrogens is 6. The molecule has 0 radical (unpaired) electrons. The number of carbonyl (C=O) groups excluding carboxylic acids is 3. The number of nitrogens with two attached hydrogens (primary N) is 1. The molecule has 2 aromatic carbocycles. The van der Waals surface area contributed by atoms with Crippen molar-refractivity contribution in [2.45, 2.75) is 76.6 Å². The summed E-state index contributed by atoms with van der Waals surface area (Å²) < 4.78 is 12.5. The fourth-order valence-corrected chi connectivity index (χ4v) is 7.95. The van der Waals surface area contributed by atoms with Crippen molar-refractivity contribution in [2.24, 2.45) is 18.7 Å². The van der Waals surface area contributed by atoms with E-state index in [4.69, 9.17) is 20.2 Å². The van der Waals surface area contributed by atoms with E-state index in [2.05, 4.69) is 73.8 Å². The third-order valence-corrected chi connectivity index (χ3v) is 11.4. The molecule has 5 N–H and O–H groups in total. The summed E-state index contributed by atoms with van der Waals surface area (Å²) in [7, 11) is 3.54. The number of nitrogens with zero attached hydrogens (tertiary/aromatic N) is 6. The molecule has 0 saturated carbocycles. The van der Waals surface area contributed by atoms with E-state index in [1.54, 1.807) is 30.7 Å². The normalized spacial score (nSPS) is 18.5. The standard InChI is InChI=1S/C42H52N10O5/c1-5-26(2)37(57-42(43)55)41(54)52-19-7-9-36(52)39-46-23-34(49-39)30-16-12-28(13-17-30)27-10-14-29(15-11-27)33-22-45-38(48-33)35-8-6-18-51(35)40(53)32(47-25-56-4)20-31-21-44-24-50(31)3/h10-17,21-24,26,32,35-37,47H,5-9,18-20,25H2,1-4H3,(H2,43,55)(H,45,48)(H,46,49)/t26?,32-,35?,36-,37-/m0/s1. The first-order valence-electron chi connectivity index (χ1n) is 19.7. The van der Waals surface area contributed by atoms with Crippen LogP contribution in [0.2, 0.25) is 0 Å². The number of hydrogen-bond donors (Lipinski definition) is 4. The molecule has 0 bridgehead atoms. The monoisotopic (exact) mass is 776 g/mol. The van der Waals surface area contributed by atoms with Gasteiger partial charge in [0.25, 0.3) is 5.91 Å². The van der Waals surface area contributed by atoms with E-state index in [0.29, 0.717) is 31.8 Å². The van der Waals surface area contributed by atoms with Crippen molar-refractivity contribution in [1.82, 2.24) is 44.6 Å². The van der Waals surface area contributed by atoms with Crippen LogP contribution in [0, 0.1) is 5.92 Å². The molecule has 15 heteroatoms. The van der Waals surface area contributed by atoms with Gasteiger partial charge >= 0.3 is 6.09 Å². The predicted octanol–water partition coefficient (Wildman–Crippen LogP) is 5.51. The van der Waals surface area contributed by atoms with E-state index in [0.717, 1.165) is 70.8 Å². The van der Waals surface area contributed by atoms with Gasteiger partial charge in [-0.3, -0.25) is 14.9 Å². The average Bonchev–Trinajstić information content (AvgIpc) is 4.08. The van der Waals surface area contributed by atoms with Crippen LogP contribution in [0.3, 0.4) is 0 Å². The Hall–Kier alpha value is -5.80. The summed E-state index contributed by atoms with van der Waals surface area (Å²) in [6.07, 6.45) is 9.80. The van der Waals surface area contributed by atoms with Gasteiger partial charge in [-0.2, -0.15) is 0 Å². The molecule has 7 rings (SSSR count). The Morgan fingerprint density at radius 1 is 0.842 bits per heavy atom. The second-order valence-electron chi connectivity index (χ2n) is 15.0. The van der Waals surface area contributed by atoms with Crippen LogP contribution < -0.4 is 11.1 Å². The van der Waals surface area contributed by atoms with Crippen LogP contribution >= 0.6 is 0 Å². The lowest BCUT2D eigenvalue weighted by Gasteiger charge is -2.29. The highest BCUT2D eigenvalue weighted by Crippen LogP contribution is 2.35. The lowest BCUT2D eigenvalue weighted by Crippen LogP contribution is -2.48. The minimum absolute atomic E-state index is 0.0217. The minimum atomic E-state index is -0.947. The highest BCUT2D eigenvalue weighted by Gasteiger charge is 2.39. The highest BCUT2D eigenvalue weighted by molar-refractivity contribution is 5.84. The Bertz CT molecular complexity index is 2140. The van der Waals surface area contributed by atoms with E-state index in [1.165, 1.54) is 0 Å². The van der Waals surface area contributed by atoms with E-state index >= 15 is 0 Å². The van der Waals surface area contributed by atoms with Crippen LogP contribution in [-0.2, 0) is 32.5 Å². The number of hydrogen-bond acceptors (Lipinski definition) is 9. The third-order valence-electron chi connectivity index (χ3n) is 11.4. The Morgan fingerprint density at radius 3 is 1.84 bits per heavy atom. The van der Waals surface area contributed by atoms with Crippen LogP contribution in [0.25, 0.3) is 33.6 Å². The number of imidazole rings is 3. The van der Waals surface area contributed by atoms with Crippen molar-refractivity contribution in [3.8, 4) is 33.6 Å². The lowest BCUT2D eigenvalue weighted by atomic mass is 10.00. The predicted molar refractivity (Wildman–Crippen MR) is 214 cm³/mol. The molecule has 15 nitrogen and oxygen atoms in total. The van der Waals surface area contributed by atoms with Gasteiger partial charge in [-0.15, -0.1) is 0 Å². The number of rotatable bonds is 15. The first-order chi connectivity index (χ1) is 27.6. The van der Waals surface area contributed by atoms with Crippen LogP contribution in [-0.4, -0.2) is 96.3 Å². The molecule has 0 aliphatic carbocycles. The maximum absolute atomic E-state index is 13.9. The first kappa shape index (κ1) is 39.4. The molecule has 300 valence electrons. The van der Waals surface area contributed by atoms with Crippen molar-refractivity contribution in [2.75, 3.05) is 26.9 Å². The third kappa shape index (κ3) is 8.64. The zero-order valence-corrected chi connectivity index (χ0v) is 33.0. The molecule has 2 saturated heterocycles. The molecule has 2 unspecified atom stereocenters. The summed E-state index contributed by atoms with van der Waals surface area (Å²) in [4.78, 5) is 63.3. The molecular formula is C42H52N10O5. The van der Waals surface area contributed by atoms with Crippen LogP contribution in [0.15, 0.2) is 73.4 Å². The smallest absolute Gasteiger partial charge is 0.405 e. The van der Waals surface area contributed by atoms with Gasteiger partial charge in [-0.25, -0.2) is 19.7 Å². The second-order valence-corrected chi connectivity index (χ2v) is 15.0. The van der Waals surface area contributed by atoms with Gasteiger partial charge in [0.2, 0.25) is 5.91 Å². The van der Waals surface area contributed by atoms with Crippen LogP contribution in [0.1, 0.15) is 75.4 Å². The number of primary amides is 1. The van der Waals surface area contributed by atoms with Crippen LogP contribution in [0.4, 0.5) is 4.79 Å². The molecule has 5 atom stereocenters. The van der Waals surface area contributed by atoms with Crippen molar-refractivity contribution >= 4 is 17.9 Å². The topological polar surface area (TPSA) is 189 Å². The maximum Gasteiger partial charge on any atom is 0.405 e. The van der Waals surface area contributed by atoms with E-state index < -0.39 is 18.2 Å². The Labute approximate surface area is 332 Å². The van der Waals surface area contributed by atoms with Crippen molar-refractivity contribution < 1.29 is 23.9 Å². The molecule has 2 aliphatic rings. The number of benzene rings is 2. The van der Waals surface area contributed by atoms with Gasteiger partial charge in [0.1, 0.15) is 11.6 Å². The minimum Gasteiger partial charge on any atom is -0.436 e. The molecule has 3 amide bonds. The lowest BCUT2D eigenvalue weighted by molar-refractivity contribution is -0.144. The maximum atomic E-state index is 13.9. The van der Waals surface area contributed by atoms with Crippen LogP contribution in [0.5, 0.6) is 0 Å².